The minimum atomic E-state index is -3.97. The van der Waals surface area contributed by atoms with Gasteiger partial charge in [-0.2, -0.15) is 0 Å². The number of anilines is 3. The van der Waals surface area contributed by atoms with Crippen molar-refractivity contribution in [2.75, 3.05) is 14.8 Å². The molecule has 0 bridgehead atoms. The zero-order valence-corrected chi connectivity index (χ0v) is 23.7. The Balaban J connectivity index is 1.50. The maximum atomic E-state index is 13.2. The molecule has 0 fully saturated rings. The third kappa shape index (κ3) is 6.78. The number of halogens is 1. The van der Waals surface area contributed by atoms with Crippen LogP contribution >= 0.6 is 11.6 Å². The summed E-state index contributed by atoms with van der Waals surface area (Å²) in [7, 11) is -7.83. The summed E-state index contributed by atoms with van der Waals surface area (Å²) >= 11 is 5.84. The number of rotatable bonds is 8. The summed E-state index contributed by atoms with van der Waals surface area (Å²) in [5.74, 6) is -0.548. The number of sulfonamides is 2. The van der Waals surface area contributed by atoms with Crippen molar-refractivity contribution in [2.24, 2.45) is 0 Å². The molecule has 4 aromatic rings. The van der Waals surface area contributed by atoms with E-state index in [9.17, 15) is 21.6 Å². The Labute approximate surface area is 233 Å². The molecule has 0 aliphatic heterocycles. The Hall–Kier alpha value is -3.86. The van der Waals surface area contributed by atoms with E-state index in [4.69, 9.17) is 11.6 Å². The van der Waals surface area contributed by atoms with E-state index in [1.165, 1.54) is 36.4 Å². The summed E-state index contributed by atoms with van der Waals surface area (Å²) in [6.07, 6.45) is 0. The van der Waals surface area contributed by atoms with E-state index >= 15 is 0 Å². The van der Waals surface area contributed by atoms with Crippen LogP contribution in [0.4, 0.5) is 17.1 Å². The second kappa shape index (κ2) is 11.1. The lowest BCUT2D eigenvalue weighted by molar-refractivity contribution is 0.102. The van der Waals surface area contributed by atoms with Crippen molar-refractivity contribution in [3.05, 3.63) is 112 Å². The minimum absolute atomic E-state index is 0.00311. The van der Waals surface area contributed by atoms with Gasteiger partial charge in [-0.05, 0) is 98.6 Å². The molecule has 0 unspecified atom stereocenters. The van der Waals surface area contributed by atoms with Gasteiger partial charge in [-0.1, -0.05) is 35.4 Å². The molecule has 0 aliphatic rings. The first kappa shape index (κ1) is 28.2. The standard InChI is InChI=1S/C28H26ClN3O5S2/c1-18-4-15-26(20(3)16-18)32-39(36,37)27-17-21(6-5-19(27)2)28(33)30-23-11-13-25(14-12-23)38(34,35)31-24-9-7-22(29)8-10-24/h4-17,31-32H,1-3H3,(H,30,33). The van der Waals surface area contributed by atoms with E-state index in [0.717, 1.165) is 11.1 Å². The SMILES string of the molecule is Cc1ccc(NS(=O)(=O)c2cc(C(=O)Nc3ccc(S(=O)(=O)Nc4ccc(Cl)cc4)cc3)ccc2C)c(C)c1. The average molecular weight is 584 g/mol. The van der Waals surface area contributed by atoms with Gasteiger partial charge in [0.15, 0.2) is 0 Å². The molecule has 0 heterocycles. The highest BCUT2D eigenvalue weighted by Crippen LogP contribution is 2.25. The van der Waals surface area contributed by atoms with Gasteiger partial charge in [-0.25, -0.2) is 16.8 Å². The second-order valence-electron chi connectivity index (χ2n) is 9.00. The molecular formula is C28H26ClN3O5S2. The molecular weight excluding hydrogens is 558 g/mol. The van der Waals surface area contributed by atoms with Crippen molar-refractivity contribution in [3.8, 4) is 0 Å². The van der Waals surface area contributed by atoms with Crippen LogP contribution < -0.4 is 14.8 Å². The number of aryl methyl sites for hydroxylation is 3. The van der Waals surface area contributed by atoms with Crippen LogP contribution in [0.25, 0.3) is 0 Å². The van der Waals surface area contributed by atoms with Crippen LogP contribution in [0.5, 0.6) is 0 Å². The number of hydrogen-bond acceptors (Lipinski definition) is 5. The summed E-state index contributed by atoms with van der Waals surface area (Å²) in [5.41, 5.74) is 3.54. The topological polar surface area (TPSA) is 121 Å². The maximum Gasteiger partial charge on any atom is 0.262 e. The molecule has 0 spiro atoms. The van der Waals surface area contributed by atoms with E-state index in [1.807, 2.05) is 26.0 Å². The number of carbonyl (C=O) groups excluding carboxylic acids is 1. The van der Waals surface area contributed by atoms with Crippen LogP contribution in [0, 0.1) is 20.8 Å². The minimum Gasteiger partial charge on any atom is -0.322 e. The molecule has 0 radical (unpaired) electrons. The molecule has 0 aliphatic carbocycles. The number of nitrogens with one attached hydrogen (secondary N) is 3. The van der Waals surface area contributed by atoms with Crippen molar-refractivity contribution in [1.82, 2.24) is 0 Å². The lowest BCUT2D eigenvalue weighted by atomic mass is 10.1. The number of amides is 1. The van der Waals surface area contributed by atoms with Crippen LogP contribution in [0.15, 0.2) is 94.7 Å². The summed E-state index contributed by atoms with van der Waals surface area (Å²) in [4.78, 5) is 12.9. The molecule has 8 nitrogen and oxygen atoms in total. The molecule has 202 valence electrons. The molecule has 11 heteroatoms. The monoisotopic (exact) mass is 583 g/mol. The predicted molar refractivity (Wildman–Crippen MR) is 155 cm³/mol. The molecule has 0 aromatic heterocycles. The van der Waals surface area contributed by atoms with Crippen molar-refractivity contribution >= 4 is 54.6 Å². The van der Waals surface area contributed by atoms with Crippen molar-refractivity contribution in [2.45, 2.75) is 30.6 Å². The largest absolute Gasteiger partial charge is 0.322 e. The second-order valence-corrected chi connectivity index (χ2v) is 12.8. The normalized spacial score (nSPS) is 11.6. The molecule has 0 saturated heterocycles. The van der Waals surface area contributed by atoms with Crippen molar-refractivity contribution in [1.29, 1.82) is 0 Å². The van der Waals surface area contributed by atoms with E-state index < -0.39 is 26.0 Å². The number of hydrogen-bond donors (Lipinski definition) is 3. The Bertz CT molecular complexity index is 1750. The van der Waals surface area contributed by atoms with Gasteiger partial charge >= 0.3 is 0 Å². The maximum absolute atomic E-state index is 13.2. The van der Waals surface area contributed by atoms with Gasteiger partial charge < -0.3 is 5.32 Å². The fourth-order valence-corrected chi connectivity index (χ4v) is 6.40. The van der Waals surface area contributed by atoms with Crippen LogP contribution in [0.1, 0.15) is 27.0 Å². The highest BCUT2D eigenvalue weighted by atomic mass is 35.5. The van der Waals surface area contributed by atoms with E-state index in [2.05, 4.69) is 14.8 Å². The van der Waals surface area contributed by atoms with E-state index in [-0.39, 0.29) is 15.4 Å². The molecule has 4 rings (SSSR count). The van der Waals surface area contributed by atoms with Crippen molar-refractivity contribution in [3.63, 3.8) is 0 Å². The number of carbonyl (C=O) groups is 1. The molecule has 4 aromatic carbocycles. The molecule has 3 N–H and O–H groups in total. The summed E-state index contributed by atoms with van der Waals surface area (Å²) < 4.78 is 56.7. The van der Waals surface area contributed by atoms with Crippen LogP contribution in [0.2, 0.25) is 5.02 Å². The van der Waals surface area contributed by atoms with Gasteiger partial charge in [0.25, 0.3) is 26.0 Å². The molecule has 0 atom stereocenters. The van der Waals surface area contributed by atoms with Gasteiger partial charge in [0.2, 0.25) is 0 Å². The van der Waals surface area contributed by atoms with E-state index in [0.29, 0.717) is 27.6 Å². The molecule has 1 amide bonds. The summed E-state index contributed by atoms with van der Waals surface area (Å²) in [5, 5.41) is 3.15. The zero-order chi connectivity index (χ0) is 28.4. The zero-order valence-electron chi connectivity index (χ0n) is 21.3. The van der Waals surface area contributed by atoms with E-state index in [1.54, 1.807) is 43.3 Å². The molecule has 0 saturated carbocycles. The highest BCUT2D eigenvalue weighted by molar-refractivity contribution is 7.93. The van der Waals surface area contributed by atoms with Crippen LogP contribution in [-0.2, 0) is 20.0 Å². The van der Waals surface area contributed by atoms with Crippen LogP contribution in [0.3, 0.4) is 0 Å². The lowest BCUT2D eigenvalue weighted by Crippen LogP contribution is -2.17. The summed E-state index contributed by atoms with van der Waals surface area (Å²) in [6, 6.07) is 21.6. The van der Waals surface area contributed by atoms with Gasteiger partial charge in [0.05, 0.1) is 15.5 Å². The fraction of sp³-hybridized carbons (Fsp3) is 0.107. The van der Waals surface area contributed by atoms with Gasteiger partial charge in [-0.15, -0.1) is 0 Å². The van der Waals surface area contributed by atoms with Crippen molar-refractivity contribution < 1.29 is 21.6 Å². The van der Waals surface area contributed by atoms with Gasteiger partial charge in [0.1, 0.15) is 0 Å². The fourth-order valence-electron chi connectivity index (χ4n) is 3.81. The quantitative estimate of drug-likeness (QED) is 0.231. The first-order valence-corrected chi connectivity index (χ1v) is 15.1. The Morgan fingerprint density at radius 3 is 1.95 bits per heavy atom. The van der Waals surface area contributed by atoms with Crippen LogP contribution in [-0.4, -0.2) is 22.7 Å². The smallest absolute Gasteiger partial charge is 0.262 e. The Morgan fingerprint density at radius 1 is 0.667 bits per heavy atom. The Morgan fingerprint density at radius 2 is 1.31 bits per heavy atom. The third-order valence-corrected chi connectivity index (χ3v) is 9.04. The first-order chi connectivity index (χ1) is 18.3. The van der Waals surface area contributed by atoms with Gasteiger partial charge in [0, 0.05) is 22.0 Å². The number of benzene rings is 4. The average Bonchev–Trinajstić information content (AvgIpc) is 2.87. The summed E-state index contributed by atoms with van der Waals surface area (Å²) in [6.45, 7) is 5.38. The highest BCUT2D eigenvalue weighted by Gasteiger charge is 2.21. The predicted octanol–water partition coefficient (Wildman–Crippen LogP) is 6.12. The lowest BCUT2D eigenvalue weighted by Gasteiger charge is -2.14. The third-order valence-electron chi connectivity index (χ3n) is 5.89. The first-order valence-electron chi connectivity index (χ1n) is 11.7. The van der Waals surface area contributed by atoms with Gasteiger partial charge in [-0.3, -0.25) is 14.2 Å². The Kier molecular flexibility index (Phi) is 8.01. The molecule has 39 heavy (non-hydrogen) atoms.